The van der Waals surface area contributed by atoms with Crippen LogP contribution in [0.15, 0.2) is 30.9 Å². The summed E-state index contributed by atoms with van der Waals surface area (Å²) in [6.45, 7) is 10.4. The van der Waals surface area contributed by atoms with Crippen LogP contribution in [0.5, 0.6) is 0 Å². The zero-order valence-corrected chi connectivity index (χ0v) is 16.9. The van der Waals surface area contributed by atoms with Gasteiger partial charge in [-0.05, 0) is 31.5 Å². The van der Waals surface area contributed by atoms with E-state index in [0.717, 1.165) is 61.5 Å². The lowest BCUT2D eigenvalue weighted by molar-refractivity contribution is -0.908. The van der Waals surface area contributed by atoms with Crippen molar-refractivity contribution in [2.75, 3.05) is 32.8 Å². The summed E-state index contributed by atoms with van der Waals surface area (Å²) in [6.07, 6.45) is 6.44. The Bertz CT molecular complexity index is 1140. The van der Waals surface area contributed by atoms with Crippen molar-refractivity contribution < 1.29 is 9.64 Å². The van der Waals surface area contributed by atoms with Gasteiger partial charge in [-0.1, -0.05) is 0 Å². The fourth-order valence-electron chi connectivity index (χ4n) is 4.22. The Balaban J connectivity index is 1.48. The van der Waals surface area contributed by atoms with Crippen molar-refractivity contribution in [1.29, 1.82) is 0 Å². The molecular formula is C21H26N7O+. The highest BCUT2D eigenvalue weighted by molar-refractivity contribution is 5.94. The number of fused-ring (bicyclic) bond motifs is 3. The van der Waals surface area contributed by atoms with E-state index in [0.29, 0.717) is 5.82 Å². The first-order valence-corrected chi connectivity index (χ1v) is 10.2. The molecule has 0 spiro atoms. The maximum absolute atomic E-state index is 5.46. The van der Waals surface area contributed by atoms with Crippen LogP contribution in [0.25, 0.3) is 28.1 Å². The van der Waals surface area contributed by atoms with E-state index in [-0.39, 0.29) is 0 Å². The van der Waals surface area contributed by atoms with Gasteiger partial charge < -0.3 is 14.2 Å². The molecule has 0 saturated carbocycles. The van der Waals surface area contributed by atoms with Crippen LogP contribution in [0.1, 0.15) is 17.7 Å². The third-order valence-electron chi connectivity index (χ3n) is 5.98. The number of aromatic nitrogens is 6. The van der Waals surface area contributed by atoms with Gasteiger partial charge in [-0.25, -0.2) is 14.5 Å². The standard InChI is InChI=1S/C21H25N7O/c1-15-16(2)27(8-4-7-26-9-11-29-12-10-26)20-18(15)21-24-19(25-28(21)14-23-20)17-5-3-6-22-13-17/h3,5-6,13-14H,4,7-12H2,1-2H3/p+1. The molecule has 0 atom stereocenters. The van der Waals surface area contributed by atoms with E-state index in [9.17, 15) is 0 Å². The number of hydrogen-bond acceptors (Lipinski definition) is 5. The summed E-state index contributed by atoms with van der Waals surface area (Å²) in [5.41, 5.74) is 5.23. The summed E-state index contributed by atoms with van der Waals surface area (Å²) < 4.78 is 9.58. The van der Waals surface area contributed by atoms with Crippen LogP contribution < -0.4 is 4.90 Å². The molecule has 1 aliphatic heterocycles. The normalized spacial score (nSPS) is 15.5. The maximum atomic E-state index is 5.46. The lowest BCUT2D eigenvalue weighted by atomic mass is 10.2. The monoisotopic (exact) mass is 392 g/mol. The molecule has 4 aromatic rings. The average Bonchev–Trinajstić information content (AvgIpc) is 3.30. The Morgan fingerprint density at radius 1 is 1.17 bits per heavy atom. The first kappa shape index (κ1) is 18.2. The number of aryl methyl sites for hydroxylation is 2. The molecule has 1 fully saturated rings. The summed E-state index contributed by atoms with van der Waals surface area (Å²) in [5.74, 6) is 0.674. The largest absolute Gasteiger partial charge is 0.370 e. The van der Waals surface area contributed by atoms with Gasteiger partial charge in [-0.15, -0.1) is 5.10 Å². The Labute approximate surface area is 169 Å². The average molecular weight is 392 g/mol. The van der Waals surface area contributed by atoms with E-state index in [1.807, 2.05) is 12.1 Å². The van der Waals surface area contributed by atoms with Crippen LogP contribution in [0.2, 0.25) is 0 Å². The van der Waals surface area contributed by atoms with Gasteiger partial charge >= 0.3 is 0 Å². The van der Waals surface area contributed by atoms with E-state index in [1.165, 1.54) is 17.8 Å². The van der Waals surface area contributed by atoms with Gasteiger partial charge in [0.25, 0.3) is 0 Å². The summed E-state index contributed by atoms with van der Waals surface area (Å²) in [7, 11) is 0. The molecule has 0 aromatic carbocycles. The molecule has 1 aliphatic rings. The second-order valence-corrected chi connectivity index (χ2v) is 7.72. The Kier molecular flexibility index (Phi) is 4.73. The molecule has 5 heterocycles. The van der Waals surface area contributed by atoms with E-state index < -0.39 is 0 Å². The molecule has 4 aromatic heterocycles. The highest BCUT2D eigenvalue weighted by atomic mass is 16.5. The van der Waals surface area contributed by atoms with E-state index in [2.05, 4.69) is 28.5 Å². The molecule has 5 rings (SSSR count). The Hall–Kier alpha value is -2.84. The van der Waals surface area contributed by atoms with Crippen molar-refractivity contribution in [3.8, 4) is 11.4 Å². The van der Waals surface area contributed by atoms with Crippen molar-refractivity contribution in [2.24, 2.45) is 0 Å². The molecule has 29 heavy (non-hydrogen) atoms. The number of quaternary nitrogens is 1. The lowest BCUT2D eigenvalue weighted by Crippen LogP contribution is -3.14. The maximum Gasteiger partial charge on any atom is 0.183 e. The molecule has 0 amide bonds. The van der Waals surface area contributed by atoms with Gasteiger partial charge in [-0.2, -0.15) is 0 Å². The van der Waals surface area contributed by atoms with E-state index in [1.54, 1.807) is 28.1 Å². The zero-order chi connectivity index (χ0) is 19.8. The third-order valence-corrected chi connectivity index (χ3v) is 5.98. The number of rotatable bonds is 5. The molecular weight excluding hydrogens is 366 g/mol. The van der Waals surface area contributed by atoms with Crippen molar-refractivity contribution in [3.63, 3.8) is 0 Å². The van der Waals surface area contributed by atoms with Crippen molar-refractivity contribution in [2.45, 2.75) is 26.8 Å². The van der Waals surface area contributed by atoms with Crippen molar-refractivity contribution >= 4 is 16.7 Å². The van der Waals surface area contributed by atoms with Gasteiger partial charge in [0.1, 0.15) is 25.1 Å². The van der Waals surface area contributed by atoms with Crippen LogP contribution in [-0.4, -0.2) is 62.0 Å². The minimum atomic E-state index is 0.674. The van der Waals surface area contributed by atoms with Crippen LogP contribution in [0, 0.1) is 13.8 Å². The molecule has 0 aliphatic carbocycles. The van der Waals surface area contributed by atoms with Crippen LogP contribution in [-0.2, 0) is 11.3 Å². The van der Waals surface area contributed by atoms with Gasteiger partial charge in [0.05, 0.1) is 25.1 Å². The fraction of sp³-hybridized carbons (Fsp3) is 0.429. The summed E-state index contributed by atoms with van der Waals surface area (Å²) >= 11 is 0. The molecule has 8 nitrogen and oxygen atoms in total. The molecule has 0 bridgehead atoms. The fourth-order valence-corrected chi connectivity index (χ4v) is 4.22. The number of morpholine rings is 1. The summed E-state index contributed by atoms with van der Waals surface area (Å²) in [5, 5.41) is 5.70. The SMILES string of the molecule is Cc1c(C)n(CCC[NH+]2CCOCC2)c2ncn3nc(-c4cccnc4)nc3c12. The quantitative estimate of drug-likeness (QED) is 0.550. The van der Waals surface area contributed by atoms with Crippen LogP contribution in [0.3, 0.4) is 0 Å². The molecule has 0 radical (unpaired) electrons. The molecule has 150 valence electrons. The van der Waals surface area contributed by atoms with Crippen molar-refractivity contribution in [3.05, 3.63) is 42.1 Å². The van der Waals surface area contributed by atoms with E-state index >= 15 is 0 Å². The molecule has 8 heteroatoms. The number of pyridine rings is 1. The summed E-state index contributed by atoms with van der Waals surface area (Å²) in [4.78, 5) is 15.4. The molecule has 1 N–H and O–H groups in total. The summed E-state index contributed by atoms with van der Waals surface area (Å²) in [6, 6.07) is 3.88. The highest BCUT2D eigenvalue weighted by Gasteiger charge is 2.19. The van der Waals surface area contributed by atoms with Crippen molar-refractivity contribution in [1.82, 2.24) is 29.1 Å². The van der Waals surface area contributed by atoms with E-state index in [4.69, 9.17) is 14.7 Å². The number of hydrogen-bond donors (Lipinski definition) is 1. The molecule has 1 saturated heterocycles. The predicted octanol–water partition coefficient (Wildman–Crippen LogP) is 1.06. The highest BCUT2D eigenvalue weighted by Crippen LogP contribution is 2.28. The minimum absolute atomic E-state index is 0.674. The molecule has 0 unspecified atom stereocenters. The van der Waals surface area contributed by atoms with Gasteiger partial charge in [0.2, 0.25) is 0 Å². The Morgan fingerprint density at radius 3 is 2.83 bits per heavy atom. The Morgan fingerprint density at radius 2 is 2.03 bits per heavy atom. The lowest BCUT2D eigenvalue weighted by Gasteiger charge is -2.23. The van der Waals surface area contributed by atoms with Gasteiger partial charge in [0, 0.05) is 36.6 Å². The number of nitrogens with one attached hydrogen (secondary N) is 1. The number of ether oxygens (including phenoxy) is 1. The zero-order valence-electron chi connectivity index (χ0n) is 16.9. The topological polar surface area (TPSA) is 74.6 Å². The first-order valence-electron chi connectivity index (χ1n) is 10.2. The predicted molar refractivity (Wildman–Crippen MR) is 110 cm³/mol. The number of nitrogens with zero attached hydrogens (tertiary/aromatic N) is 6. The van der Waals surface area contributed by atoms with Crippen LogP contribution in [0.4, 0.5) is 0 Å². The second kappa shape index (κ2) is 7.53. The third kappa shape index (κ3) is 3.28. The first-order chi connectivity index (χ1) is 14.2. The van der Waals surface area contributed by atoms with Crippen LogP contribution >= 0.6 is 0 Å². The van der Waals surface area contributed by atoms with Gasteiger partial charge in [0.15, 0.2) is 11.5 Å². The minimum Gasteiger partial charge on any atom is -0.370 e. The second-order valence-electron chi connectivity index (χ2n) is 7.72. The smallest absolute Gasteiger partial charge is 0.183 e. The van der Waals surface area contributed by atoms with Gasteiger partial charge in [-0.3, -0.25) is 4.98 Å².